The highest BCUT2D eigenvalue weighted by atomic mass is 16.6. The van der Waals surface area contributed by atoms with Gasteiger partial charge in [-0.3, -0.25) is 14.4 Å². The molecule has 0 unspecified atom stereocenters. The number of carbonyl (C=O) groups is 6. The summed E-state index contributed by atoms with van der Waals surface area (Å²) < 4.78 is 15.8. The van der Waals surface area contributed by atoms with Crippen LogP contribution in [0.5, 0.6) is 0 Å². The molecule has 15 nitrogen and oxygen atoms in total. The lowest BCUT2D eigenvalue weighted by atomic mass is 10.1. The second-order valence-corrected chi connectivity index (χ2v) is 11.2. The quantitative estimate of drug-likeness (QED) is 0.124. The van der Waals surface area contributed by atoms with Gasteiger partial charge >= 0.3 is 24.2 Å². The Balaban J connectivity index is 2.15. The van der Waals surface area contributed by atoms with Crippen LogP contribution in [-0.4, -0.2) is 76.6 Å². The zero-order valence-corrected chi connectivity index (χ0v) is 26.6. The van der Waals surface area contributed by atoms with Crippen molar-refractivity contribution in [1.29, 1.82) is 0 Å². The number of carboxylic acid groups (broad SMARTS) is 1. The van der Waals surface area contributed by atoms with E-state index in [-0.39, 0.29) is 39.0 Å². The van der Waals surface area contributed by atoms with Crippen molar-refractivity contribution in [3.05, 3.63) is 71.8 Å². The van der Waals surface area contributed by atoms with E-state index in [0.29, 0.717) is 11.1 Å². The predicted molar refractivity (Wildman–Crippen MR) is 169 cm³/mol. The van der Waals surface area contributed by atoms with Gasteiger partial charge in [0.1, 0.15) is 18.8 Å². The minimum Gasteiger partial charge on any atom is -0.481 e. The van der Waals surface area contributed by atoms with Gasteiger partial charge in [-0.1, -0.05) is 60.7 Å². The number of amides is 4. The van der Waals surface area contributed by atoms with Crippen LogP contribution < -0.4 is 16.4 Å². The zero-order chi connectivity index (χ0) is 34.8. The molecule has 47 heavy (non-hydrogen) atoms. The van der Waals surface area contributed by atoms with Crippen LogP contribution in [0.15, 0.2) is 65.7 Å². The lowest BCUT2D eigenvalue weighted by Crippen LogP contribution is -2.48. The van der Waals surface area contributed by atoms with Crippen LogP contribution in [0.1, 0.15) is 57.6 Å². The van der Waals surface area contributed by atoms with Gasteiger partial charge in [0.2, 0.25) is 11.9 Å². The molecule has 15 heteroatoms. The first-order valence-electron chi connectivity index (χ1n) is 14.8. The molecule has 0 heterocycles. The zero-order valence-electron chi connectivity index (χ0n) is 26.6. The van der Waals surface area contributed by atoms with Crippen molar-refractivity contribution < 1.29 is 48.1 Å². The third-order valence-electron chi connectivity index (χ3n) is 6.09. The van der Waals surface area contributed by atoms with E-state index in [0.717, 1.165) is 4.90 Å². The van der Waals surface area contributed by atoms with E-state index in [1.165, 1.54) is 0 Å². The first-order chi connectivity index (χ1) is 22.2. The van der Waals surface area contributed by atoms with Crippen LogP contribution in [0, 0.1) is 0 Å². The number of Topliss-reactive ketones (excluding diaryl/α,β-unsaturated/α-hetero) is 1. The fraction of sp³-hybridized carbons (Fsp3) is 0.406. The number of nitrogens with zero attached hydrogens (tertiary/aromatic N) is 2. The number of ether oxygens (including phenoxy) is 3. The molecule has 5 N–H and O–H groups in total. The number of rotatable bonds is 15. The van der Waals surface area contributed by atoms with E-state index in [9.17, 15) is 28.8 Å². The van der Waals surface area contributed by atoms with Crippen LogP contribution >= 0.6 is 0 Å². The predicted octanol–water partition coefficient (Wildman–Crippen LogP) is 3.50. The maximum Gasteiger partial charge on any atom is 0.437 e. The summed E-state index contributed by atoms with van der Waals surface area (Å²) in [6.07, 6.45) is -3.65. The van der Waals surface area contributed by atoms with Gasteiger partial charge in [0, 0.05) is 13.0 Å². The third kappa shape index (κ3) is 15.9. The topological polar surface area (TPSA) is 216 Å². The number of ketones is 1. The highest BCUT2D eigenvalue weighted by Gasteiger charge is 2.26. The summed E-state index contributed by atoms with van der Waals surface area (Å²) in [7, 11) is 0. The second kappa shape index (κ2) is 19.1. The Hall–Kier alpha value is -5.47. The summed E-state index contributed by atoms with van der Waals surface area (Å²) in [5, 5.41) is 13.6. The number of alkyl carbamates (subject to hydrolysis) is 1. The number of guanidine groups is 1. The minimum absolute atomic E-state index is 0.0366. The van der Waals surface area contributed by atoms with Gasteiger partial charge in [-0.15, -0.1) is 4.99 Å². The summed E-state index contributed by atoms with van der Waals surface area (Å²) in [5.74, 6) is -2.96. The first kappa shape index (κ1) is 37.7. The molecule has 0 fully saturated rings. The van der Waals surface area contributed by atoms with Gasteiger partial charge in [-0.05, 0) is 44.7 Å². The number of hydrogen-bond acceptors (Lipinski definition) is 9. The largest absolute Gasteiger partial charge is 0.481 e. The number of benzene rings is 2. The number of carbonyl (C=O) groups excluding carboxylic acids is 5. The summed E-state index contributed by atoms with van der Waals surface area (Å²) in [6.45, 7) is 4.03. The van der Waals surface area contributed by atoms with Gasteiger partial charge in [0.25, 0.3) is 0 Å². The lowest BCUT2D eigenvalue weighted by Gasteiger charge is -2.24. The Morgan fingerprint density at radius 1 is 0.894 bits per heavy atom. The van der Waals surface area contributed by atoms with E-state index >= 15 is 0 Å². The van der Waals surface area contributed by atoms with Crippen molar-refractivity contribution in [2.45, 2.75) is 71.3 Å². The molecule has 0 aliphatic carbocycles. The smallest absolute Gasteiger partial charge is 0.437 e. The molecule has 2 aromatic rings. The van der Waals surface area contributed by atoms with E-state index in [2.05, 4.69) is 15.6 Å². The summed E-state index contributed by atoms with van der Waals surface area (Å²) in [5.41, 5.74) is 6.57. The van der Waals surface area contributed by atoms with Crippen LogP contribution in [0.3, 0.4) is 0 Å². The molecule has 1 atom stereocenters. The molecule has 2 aromatic carbocycles. The Kier molecular flexibility index (Phi) is 15.4. The van der Waals surface area contributed by atoms with Crippen molar-refractivity contribution in [2.24, 2.45) is 10.7 Å². The number of aliphatic carboxylic acids is 1. The number of nitrogens with one attached hydrogen (secondary N) is 2. The molecule has 2 rings (SSSR count). The monoisotopic (exact) mass is 655 g/mol. The number of carboxylic acids is 1. The fourth-order valence-corrected chi connectivity index (χ4v) is 3.84. The summed E-state index contributed by atoms with van der Waals surface area (Å²) >= 11 is 0. The summed E-state index contributed by atoms with van der Waals surface area (Å²) in [6, 6.07) is 16.5. The van der Waals surface area contributed by atoms with Crippen molar-refractivity contribution in [3.8, 4) is 0 Å². The average molecular weight is 656 g/mol. The van der Waals surface area contributed by atoms with Crippen LogP contribution in [0.4, 0.5) is 14.4 Å². The van der Waals surface area contributed by atoms with E-state index < -0.39 is 66.5 Å². The molecule has 0 saturated heterocycles. The molecule has 4 amide bonds. The van der Waals surface area contributed by atoms with E-state index in [4.69, 9.17) is 25.1 Å². The van der Waals surface area contributed by atoms with E-state index in [1.54, 1.807) is 81.4 Å². The molecule has 0 aromatic heterocycles. The van der Waals surface area contributed by atoms with Crippen molar-refractivity contribution in [1.82, 2.24) is 15.5 Å². The maximum absolute atomic E-state index is 13.1. The third-order valence-corrected chi connectivity index (χ3v) is 6.09. The fourth-order valence-electron chi connectivity index (χ4n) is 3.84. The molecule has 254 valence electrons. The van der Waals surface area contributed by atoms with Gasteiger partial charge in [-0.2, -0.15) is 0 Å². The second-order valence-electron chi connectivity index (χ2n) is 11.2. The Morgan fingerprint density at radius 3 is 2.02 bits per heavy atom. The normalized spacial score (nSPS) is 11.9. The Morgan fingerprint density at radius 2 is 1.47 bits per heavy atom. The van der Waals surface area contributed by atoms with Gasteiger partial charge < -0.3 is 35.7 Å². The van der Waals surface area contributed by atoms with Crippen LogP contribution in [0.25, 0.3) is 0 Å². The van der Waals surface area contributed by atoms with Crippen molar-refractivity contribution in [2.75, 3.05) is 13.1 Å². The Labute approximate surface area is 272 Å². The summed E-state index contributed by atoms with van der Waals surface area (Å²) in [4.78, 5) is 78.3. The number of hydrogen-bond donors (Lipinski definition) is 4. The minimum atomic E-state index is -1.18. The van der Waals surface area contributed by atoms with Crippen LogP contribution in [0.2, 0.25) is 0 Å². The van der Waals surface area contributed by atoms with Crippen molar-refractivity contribution >= 4 is 41.9 Å². The highest BCUT2D eigenvalue weighted by Crippen LogP contribution is 2.10. The van der Waals surface area contributed by atoms with Crippen molar-refractivity contribution in [3.63, 3.8) is 0 Å². The molecule has 0 radical (unpaired) electrons. The molecule has 0 bridgehead atoms. The molecule has 0 spiro atoms. The van der Waals surface area contributed by atoms with E-state index in [1.807, 2.05) is 0 Å². The standard InChI is InChI=1S/C32H41N5O10/c1-32(2,3)47-30(43)35-24(25(38)19-34-26(39)16-17-27(40)41)15-10-18-37(31(44)46-21-23-13-8-5-9-14-23)28(33)36-29(42)45-20-22-11-6-4-7-12-22/h4-9,11-14,24H,10,15-21H2,1-3H3,(H,34,39)(H,35,43)(H,40,41)(H2,33,36,42)/t24-/m0/s1. The molecular formula is C32H41N5O10. The number of aliphatic imine (C=N–C) groups is 1. The van der Waals surface area contributed by atoms with Gasteiger partial charge in [0.15, 0.2) is 5.78 Å². The van der Waals surface area contributed by atoms with Gasteiger partial charge in [-0.25, -0.2) is 19.3 Å². The van der Waals surface area contributed by atoms with Gasteiger partial charge in [0.05, 0.1) is 19.0 Å². The van der Waals surface area contributed by atoms with Crippen LogP contribution in [-0.2, 0) is 41.8 Å². The Bertz CT molecular complexity index is 1390. The number of nitrogens with two attached hydrogens (primary N) is 1. The highest BCUT2D eigenvalue weighted by molar-refractivity contribution is 5.98. The molecule has 0 aliphatic heterocycles. The SMILES string of the molecule is CC(C)(C)OC(=O)N[C@@H](CCCN(C(=O)OCc1ccccc1)/C(N)=N\C(=O)OCc1ccccc1)C(=O)CNC(=O)CCC(=O)O. The average Bonchev–Trinajstić information content (AvgIpc) is 3.02. The molecule has 0 saturated carbocycles. The first-order valence-corrected chi connectivity index (χ1v) is 14.8. The lowest BCUT2D eigenvalue weighted by molar-refractivity contribution is -0.138. The molecule has 0 aliphatic rings. The molecular weight excluding hydrogens is 614 g/mol. The maximum atomic E-state index is 13.1.